The van der Waals surface area contributed by atoms with Crippen molar-refractivity contribution < 1.29 is 24.2 Å². The van der Waals surface area contributed by atoms with Crippen molar-refractivity contribution in [1.82, 2.24) is 10.6 Å². The molecule has 0 aliphatic carbocycles. The van der Waals surface area contributed by atoms with Crippen LogP contribution >= 0.6 is 0 Å². The number of aliphatic carboxylic acids is 1. The van der Waals surface area contributed by atoms with Gasteiger partial charge in [-0.15, -0.1) is 0 Å². The number of ether oxygens (including phenoxy) is 2. The largest absolute Gasteiger partial charge is 0.480 e. The van der Waals surface area contributed by atoms with Crippen molar-refractivity contribution in [2.24, 2.45) is 5.92 Å². The van der Waals surface area contributed by atoms with Crippen molar-refractivity contribution in [2.45, 2.75) is 25.9 Å². The van der Waals surface area contributed by atoms with Crippen molar-refractivity contribution in [2.75, 3.05) is 27.4 Å². The molecule has 0 fully saturated rings. The SMILES string of the molecule is COCC(NC(=O)NC(COC)C(C)C)C(=O)O. The van der Waals surface area contributed by atoms with E-state index in [1.165, 1.54) is 7.11 Å². The Kier molecular flexibility index (Phi) is 8.06. The van der Waals surface area contributed by atoms with E-state index in [0.717, 1.165) is 0 Å². The van der Waals surface area contributed by atoms with Crippen molar-refractivity contribution in [3.63, 3.8) is 0 Å². The Bertz CT molecular complexity index is 270. The summed E-state index contributed by atoms with van der Waals surface area (Å²) in [4.78, 5) is 22.4. The van der Waals surface area contributed by atoms with Gasteiger partial charge in [-0.3, -0.25) is 0 Å². The molecule has 2 unspecified atom stereocenters. The molecular weight excluding hydrogens is 240 g/mol. The van der Waals surface area contributed by atoms with E-state index in [2.05, 4.69) is 10.6 Å². The first kappa shape index (κ1) is 16.7. The molecule has 7 nitrogen and oxygen atoms in total. The quantitative estimate of drug-likeness (QED) is 0.574. The van der Waals surface area contributed by atoms with E-state index in [0.29, 0.717) is 6.61 Å². The molecule has 0 aliphatic heterocycles. The van der Waals surface area contributed by atoms with Crippen molar-refractivity contribution in [3.05, 3.63) is 0 Å². The van der Waals surface area contributed by atoms with E-state index in [1.807, 2.05) is 13.8 Å². The van der Waals surface area contributed by atoms with Crippen LogP contribution in [0.5, 0.6) is 0 Å². The molecule has 0 saturated carbocycles. The highest BCUT2D eigenvalue weighted by atomic mass is 16.5. The van der Waals surface area contributed by atoms with Crippen LogP contribution in [0.25, 0.3) is 0 Å². The van der Waals surface area contributed by atoms with Gasteiger partial charge >= 0.3 is 12.0 Å². The molecule has 7 heteroatoms. The van der Waals surface area contributed by atoms with Gasteiger partial charge in [-0.25, -0.2) is 9.59 Å². The second-order valence-corrected chi connectivity index (χ2v) is 4.27. The van der Waals surface area contributed by atoms with E-state index < -0.39 is 18.0 Å². The van der Waals surface area contributed by atoms with E-state index in [4.69, 9.17) is 14.6 Å². The zero-order chi connectivity index (χ0) is 14.1. The summed E-state index contributed by atoms with van der Waals surface area (Å²) in [5.74, 6) is -0.957. The first-order chi connectivity index (χ1) is 8.42. The van der Waals surface area contributed by atoms with Crippen LogP contribution in [0, 0.1) is 5.92 Å². The molecule has 2 atom stereocenters. The van der Waals surface area contributed by atoms with Gasteiger partial charge in [-0.1, -0.05) is 13.8 Å². The minimum Gasteiger partial charge on any atom is -0.480 e. The van der Waals surface area contributed by atoms with Gasteiger partial charge in [0.1, 0.15) is 0 Å². The minimum atomic E-state index is -1.14. The normalized spacial score (nSPS) is 14.1. The lowest BCUT2D eigenvalue weighted by Gasteiger charge is -2.23. The molecule has 0 aromatic carbocycles. The average molecular weight is 262 g/mol. The number of amides is 2. The molecule has 106 valence electrons. The predicted molar refractivity (Wildman–Crippen MR) is 65.5 cm³/mol. The van der Waals surface area contributed by atoms with Crippen LogP contribution in [0.1, 0.15) is 13.8 Å². The molecule has 0 rings (SSSR count). The summed E-state index contributed by atoms with van der Waals surface area (Å²) in [6.45, 7) is 4.16. The predicted octanol–water partition coefficient (Wildman–Crippen LogP) is 0.0562. The Hall–Kier alpha value is -1.34. The van der Waals surface area contributed by atoms with Crippen molar-refractivity contribution in [1.29, 1.82) is 0 Å². The third kappa shape index (κ3) is 6.41. The summed E-state index contributed by atoms with van der Waals surface area (Å²) in [6.07, 6.45) is 0. The molecule has 0 radical (unpaired) electrons. The van der Waals surface area contributed by atoms with Gasteiger partial charge in [0.05, 0.1) is 19.3 Å². The van der Waals surface area contributed by atoms with Gasteiger partial charge in [-0.2, -0.15) is 0 Å². The van der Waals surface area contributed by atoms with E-state index in [-0.39, 0.29) is 18.6 Å². The standard InChI is InChI=1S/C11H22N2O5/c1-7(2)8(5-17-3)12-11(16)13-9(6-18-4)10(14)15/h7-9H,5-6H2,1-4H3,(H,14,15)(H2,12,13,16). The smallest absolute Gasteiger partial charge is 0.328 e. The fourth-order valence-corrected chi connectivity index (χ4v) is 1.29. The van der Waals surface area contributed by atoms with Gasteiger partial charge < -0.3 is 25.2 Å². The minimum absolute atomic E-state index is 0.0840. The first-order valence-electron chi connectivity index (χ1n) is 5.70. The molecule has 0 saturated heterocycles. The summed E-state index contributed by atoms with van der Waals surface area (Å²) in [5, 5.41) is 13.9. The molecule has 18 heavy (non-hydrogen) atoms. The van der Waals surface area contributed by atoms with Crippen molar-refractivity contribution in [3.8, 4) is 0 Å². The number of carboxylic acid groups (broad SMARTS) is 1. The van der Waals surface area contributed by atoms with Gasteiger partial charge in [0.25, 0.3) is 0 Å². The number of carbonyl (C=O) groups excluding carboxylic acids is 1. The number of methoxy groups -OCH3 is 2. The number of nitrogens with one attached hydrogen (secondary N) is 2. The monoisotopic (exact) mass is 262 g/mol. The third-order valence-corrected chi connectivity index (χ3v) is 2.40. The Morgan fingerprint density at radius 3 is 2.06 bits per heavy atom. The van der Waals surface area contributed by atoms with Crippen molar-refractivity contribution >= 4 is 12.0 Å². The average Bonchev–Trinajstić information content (AvgIpc) is 2.27. The van der Waals surface area contributed by atoms with Crippen LogP contribution in [-0.2, 0) is 14.3 Å². The van der Waals surface area contributed by atoms with Crippen LogP contribution in [0.2, 0.25) is 0 Å². The summed E-state index contributed by atoms with van der Waals surface area (Å²) < 4.78 is 9.70. The van der Waals surface area contributed by atoms with Crippen LogP contribution in [-0.4, -0.2) is 56.6 Å². The number of hydrogen-bond donors (Lipinski definition) is 3. The lowest BCUT2D eigenvalue weighted by molar-refractivity contribution is -0.140. The Morgan fingerprint density at radius 1 is 1.11 bits per heavy atom. The van der Waals surface area contributed by atoms with Gasteiger partial charge in [0.2, 0.25) is 0 Å². The second kappa shape index (κ2) is 8.71. The summed E-state index contributed by atoms with van der Waals surface area (Å²) in [7, 11) is 2.91. The number of carboxylic acids is 1. The Balaban J connectivity index is 4.32. The van der Waals surface area contributed by atoms with E-state index >= 15 is 0 Å². The molecule has 0 aliphatic rings. The first-order valence-corrected chi connectivity index (χ1v) is 5.70. The maximum atomic E-state index is 11.6. The molecule has 0 aromatic heterocycles. The fourth-order valence-electron chi connectivity index (χ4n) is 1.29. The number of rotatable bonds is 8. The maximum absolute atomic E-state index is 11.6. The lowest BCUT2D eigenvalue weighted by Crippen LogP contribution is -2.52. The highest BCUT2D eigenvalue weighted by Crippen LogP contribution is 2.01. The van der Waals surface area contributed by atoms with Gasteiger partial charge in [0, 0.05) is 14.2 Å². The lowest BCUT2D eigenvalue weighted by atomic mass is 10.1. The molecule has 0 aromatic rings. The van der Waals surface area contributed by atoms with Crippen LogP contribution < -0.4 is 10.6 Å². The number of hydrogen-bond acceptors (Lipinski definition) is 4. The molecule has 2 amide bonds. The zero-order valence-corrected chi connectivity index (χ0v) is 11.2. The fraction of sp³-hybridized carbons (Fsp3) is 0.818. The molecular formula is C11H22N2O5. The summed E-state index contributed by atoms with van der Waals surface area (Å²) in [5.41, 5.74) is 0. The van der Waals surface area contributed by atoms with E-state index in [9.17, 15) is 9.59 Å². The number of carbonyl (C=O) groups is 2. The van der Waals surface area contributed by atoms with Crippen LogP contribution in [0.4, 0.5) is 4.79 Å². The number of urea groups is 1. The molecule has 0 heterocycles. The Morgan fingerprint density at radius 2 is 1.67 bits per heavy atom. The Labute approximate surface area is 107 Å². The highest BCUT2D eigenvalue weighted by Gasteiger charge is 2.22. The van der Waals surface area contributed by atoms with Crippen LogP contribution in [0.3, 0.4) is 0 Å². The third-order valence-electron chi connectivity index (χ3n) is 2.40. The zero-order valence-electron chi connectivity index (χ0n) is 11.2. The second-order valence-electron chi connectivity index (χ2n) is 4.27. The maximum Gasteiger partial charge on any atom is 0.328 e. The molecule has 3 N–H and O–H groups in total. The van der Waals surface area contributed by atoms with Gasteiger partial charge in [0.15, 0.2) is 6.04 Å². The van der Waals surface area contributed by atoms with E-state index in [1.54, 1.807) is 7.11 Å². The van der Waals surface area contributed by atoms with Crippen LogP contribution in [0.15, 0.2) is 0 Å². The topological polar surface area (TPSA) is 96.9 Å². The summed E-state index contributed by atoms with van der Waals surface area (Å²) >= 11 is 0. The molecule has 0 bridgehead atoms. The molecule has 0 spiro atoms. The summed E-state index contributed by atoms with van der Waals surface area (Å²) in [6, 6.07) is -1.78. The van der Waals surface area contributed by atoms with Gasteiger partial charge in [-0.05, 0) is 5.92 Å². The highest BCUT2D eigenvalue weighted by molar-refractivity contribution is 5.82.